The molecule has 0 aliphatic heterocycles. The second kappa shape index (κ2) is 6.44. The van der Waals surface area contributed by atoms with Crippen molar-refractivity contribution in [2.24, 2.45) is 5.84 Å². The molecule has 0 fully saturated rings. The maximum absolute atomic E-state index is 5.56. The van der Waals surface area contributed by atoms with E-state index in [1.807, 2.05) is 25.1 Å². The van der Waals surface area contributed by atoms with E-state index in [1.165, 1.54) is 0 Å². The molecule has 5 heteroatoms. The lowest BCUT2D eigenvalue weighted by Gasteiger charge is -2.24. The van der Waals surface area contributed by atoms with Crippen molar-refractivity contribution in [2.75, 3.05) is 21.3 Å². The van der Waals surface area contributed by atoms with Gasteiger partial charge in [0.1, 0.15) is 11.5 Å². The van der Waals surface area contributed by atoms with E-state index >= 15 is 0 Å². The SMILES string of the molecule is COc1ccc(C(NN)C(C)OC)c(OC)c1. The summed E-state index contributed by atoms with van der Waals surface area (Å²) in [5.74, 6) is 7.02. The average Bonchev–Trinajstić information content (AvgIpc) is 2.39. The topological polar surface area (TPSA) is 65.7 Å². The highest BCUT2D eigenvalue weighted by molar-refractivity contribution is 5.42. The van der Waals surface area contributed by atoms with Gasteiger partial charge in [0, 0.05) is 18.7 Å². The van der Waals surface area contributed by atoms with Crippen LogP contribution in [-0.4, -0.2) is 27.4 Å². The summed E-state index contributed by atoms with van der Waals surface area (Å²) in [5.41, 5.74) is 3.67. The molecule has 0 saturated carbocycles. The van der Waals surface area contributed by atoms with Gasteiger partial charge >= 0.3 is 0 Å². The number of ether oxygens (including phenoxy) is 3. The fourth-order valence-corrected chi connectivity index (χ4v) is 1.69. The molecule has 3 N–H and O–H groups in total. The highest BCUT2D eigenvalue weighted by atomic mass is 16.5. The third-order valence-electron chi connectivity index (χ3n) is 2.80. The maximum atomic E-state index is 5.56. The Morgan fingerprint density at radius 3 is 2.35 bits per heavy atom. The first-order chi connectivity index (χ1) is 8.17. The molecule has 17 heavy (non-hydrogen) atoms. The van der Waals surface area contributed by atoms with Crippen LogP contribution >= 0.6 is 0 Å². The van der Waals surface area contributed by atoms with Crippen LogP contribution < -0.4 is 20.7 Å². The predicted molar refractivity (Wildman–Crippen MR) is 66.1 cm³/mol. The standard InChI is InChI=1S/C12H20N2O3/c1-8(15-2)12(14-13)10-6-5-9(16-3)7-11(10)17-4/h5-8,12,14H,13H2,1-4H3. The van der Waals surface area contributed by atoms with Crippen molar-refractivity contribution >= 4 is 0 Å². The normalized spacial score (nSPS) is 14.2. The van der Waals surface area contributed by atoms with Gasteiger partial charge in [0.25, 0.3) is 0 Å². The molecule has 0 radical (unpaired) electrons. The molecule has 0 heterocycles. The van der Waals surface area contributed by atoms with Gasteiger partial charge in [-0.15, -0.1) is 0 Å². The van der Waals surface area contributed by atoms with E-state index in [2.05, 4.69) is 5.43 Å². The Hall–Kier alpha value is -1.30. The van der Waals surface area contributed by atoms with E-state index in [-0.39, 0.29) is 12.1 Å². The van der Waals surface area contributed by atoms with E-state index < -0.39 is 0 Å². The number of nitrogens with one attached hydrogen (secondary N) is 1. The third kappa shape index (κ3) is 3.09. The molecule has 0 amide bonds. The molecular weight excluding hydrogens is 220 g/mol. The second-order valence-electron chi connectivity index (χ2n) is 3.69. The lowest BCUT2D eigenvalue weighted by Crippen LogP contribution is -2.36. The lowest BCUT2D eigenvalue weighted by molar-refractivity contribution is 0.0821. The summed E-state index contributed by atoms with van der Waals surface area (Å²) in [6, 6.07) is 5.46. The van der Waals surface area contributed by atoms with E-state index in [9.17, 15) is 0 Å². The van der Waals surface area contributed by atoms with Crippen molar-refractivity contribution < 1.29 is 14.2 Å². The molecule has 0 spiro atoms. The van der Waals surface area contributed by atoms with Gasteiger partial charge in [-0.25, -0.2) is 0 Å². The summed E-state index contributed by atoms with van der Waals surface area (Å²) in [5, 5.41) is 0. The van der Waals surface area contributed by atoms with Crippen molar-refractivity contribution in [3.63, 3.8) is 0 Å². The van der Waals surface area contributed by atoms with Crippen LogP contribution in [0.25, 0.3) is 0 Å². The Labute approximate surface area is 102 Å². The number of rotatable bonds is 6. The number of hydrazine groups is 1. The van der Waals surface area contributed by atoms with Gasteiger partial charge in [-0.1, -0.05) is 0 Å². The molecule has 96 valence electrons. The molecular formula is C12H20N2O3. The number of benzene rings is 1. The molecule has 2 atom stereocenters. The maximum Gasteiger partial charge on any atom is 0.127 e. The molecule has 1 rings (SSSR count). The Morgan fingerprint density at radius 2 is 1.88 bits per heavy atom. The number of methoxy groups -OCH3 is 3. The summed E-state index contributed by atoms with van der Waals surface area (Å²) >= 11 is 0. The molecule has 2 unspecified atom stereocenters. The monoisotopic (exact) mass is 240 g/mol. The Bertz CT molecular complexity index is 358. The molecule has 1 aromatic rings. The quantitative estimate of drug-likeness (QED) is 0.578. The van der Waals surface area contributed by atoms with Crippen LogP contribution in [0.4, 0.5) is 0 Å². The van der Waals surface area contributed by atoms with Crippen LogP contribution in [0.2, 0.25) is 0 Å². The van der Waals surface area contributed by atoms with Crippen molar-refractivity contribution in [1.82, 2.24) is 5.43 Å². The van der Waals surface area contributed by atoms with Crippen LogP contribution in [0.15, 0.2) is 18.2 Å². The van der Waals surface area contributed by atoms with Gasteiger partial charge in [-0.2, -0.15) is 0 Å². The highest BCUT2D eigenvalue weighted by Gasteiger charge is 2.21. The molecule has 0 aromatic heterocycles. The molecule has 0 bridgehead atoms. The van der Waals surface area contributed by atoms with Crippen LogP contribution in [0, 0.1) is 0 Å². The summed E-state index contributed by atoms with van der Waals surface area (Å²) in [7, 11) is 4.87. The number of nitrogens with two attached hydrogens (primary N) is 1. The zero-order valence-corrected chi connectivity index (χ0v) is 10.7. The van der Waals surface area contributed by atoms with Crippen LogP contribution in [0.3, 0.4) is 0 Å². The Kier molecular flexibility index (Phi) is 5.21. The first-order valence-electron chi connectivity index (χ1n) is 5.38. The molecule has 1 aromatic carbocycles. The van der Waals surface area contributed by atoms with Crippen LogP contribution in [0.5, 0.6) is 11.5 Å². The van der Waals surface area contributed by atoms with Gasteiger partial charge in [-0.3, -0.25) is 11.3 Å². The summed E-state index contributed by atoms with van der Waals surface area (Å²) < 4.78 is 15.8. The van der Waals surface area contributed by atoms with E-state index in [0.717, 1.165) is 17.1 Å². The third-order valence-corrected chi connectivity index (χ3v) is 2.80. The summed E-state index contributed by atoms with van der Waals surface area (Å²) in [4.78, 5) is 0. The zero-order valence-electron chi connectivity index (χ0n) is 10.7. The van der Waals surface area contributed by atoms with Gasteiger partial charge in [0.2, 0.25) is 0 Å². The molecule has 0 aliphatic carbocycles. The lowest BCUT2D eigenvalue weighted by atomic mass is 10.0. The van der Waals surface area contributed by atoms with Crippen molar-refractivity contribution in [1.29, 1.82) is 0 Å². The molecule has 0 saturated heterocycles. The van der Waals surface area contributed by atoms with Gasteiger partial charge in [0.05, 0.1) is 26.4 Å². The van der Waals surface area contributed by atoms with Gasteiger partial charge in [-0.05, 0) is 19.1 Å². The Balaban J connectivity index is 3.10. The first-order valence-corrected chi connectivity index (χ1v) is 5.38. The van der Waals surface area contributed by atoms with Crippen molar-refractivity contribution in [3.8, 4) is 11.5 Å². The van der Waals surface area contributed by atoms with E-state index in [4.69, 9.17) is 20.1 Å². The van der Waals surface area contributed by atoms with Crippen molar-refractivity contribution in [2.45, 2.75) is 19.1 Å². The number of hydrogen-bond donors (Lipinski definition) is 2. The van der Waals surface area contributed by atoms with Gasteiger partial charge < -0.3 is 14.2 Å². The molecule has 5 nitrogen and oxygen atoms in total. The largest absolute Gasteiger partial charge is 0.497 e. The fourth-order valence-electron chi connectivity index (χ4n) is 1.69. The smallest absolute Gasteiger partial charge is 0.127 e. The van der Waals surface area contributed by atoms with E-state index in [0.29, 0.717) is 0 Å². The van der Waals surface area contributed by atoms with Crippen LogP contribution in [0.1, 0.15) is 18.5 Å². The minimum absolute atomic E-state index is 0.0673. The number of hydrogen-bond acceptors (Lipinski definition) is 5. The van der Waals surface area contributed by atoms with Crippen LogP contribution in [-0.2, 0) is 4.74 Å². The fraction of sp³-hybridized carbons (Fsp3) is 0.500. The minimum atomic E-state index is -0.138. The second-order valence-corrected chi connectivity index (χ2v) is 3.69. The first kappa shape index (κ1) is 13.8. The molecule has 0 aliphatic rings. The van der Waals surface area contributed by atoms with Gasteiger partial charge in [0.15, 0.2) is 0 Å². The minimum Gasteiger partial charge on any atom is -0.497 e. The van der Waals surface area contributed by atoms with Crippen molar-refractivity contribution in [3.05, 3.63) is 23.8 Å². The predicted octanol–water partition coefficient (Wildman–Crippen LogP) is 1.24. The zero-order chi connectivity index (χ0) is 12.8. The summed E-state index contributed by atoms with van der Waals surface area (Å²) in [6.45, 7) is 1.94. The Morgan fingerprint density at radius 1 is 1.18 bits per heavy atom. The van der Waals surface area contributed by atoms with E-state index in [1.54, 1.807) is 21.3 Å². The summed E-state index contributed by atoms with van der Waals surface area (Å²) in [6.07, 6.45) is -0.0673. The average molecular weight is 240 g/mol. The highest BCUT2D eigenvalue weighted by Crippen LogP contribution is 2.31.